The Kier molecular flexibility index (Phi) is 6.21. The average Bonchev–Trinajstić information content (AvgIpc) is 3.12. The van der Waals surface area contributed by atoms with Gasteiger partial charge in [-0.3, -0.25) is 4.79 Å². The van der Waals surface area contributed by atoms with Crippen LogP contribution in [0.4, 0.5) is 5.82 Å². The second-order valence-electron chi connectivity index (χ2n) is 7.89. The zero-order valence-corrected chi connectivity index (χ0v) is 17.8. The molecule has 0 atom stereocenters. The lowest BCUT2D eigenvalue weighted by atomic mass is 10.1. The van der Waals surface area contributed by atoms with Crippen LogP contribution in [0, 0.1) is 0 Å². The lowest BCUT2D eigenvalue weighted by Gasteiger charge is -2.27. The van der Waals surface area contributed by atoms with Crippen molar-refractivity contribution in [3.8, 4) is 5.75 Å². The normalized spacial score (nSPS) is 14.5. The van der Waals surface area contributed by atoms with Crippen molar-refractivity contribution < 1.29 is 13.9 Å². The third kappa shape index (κ3) is 4.58. The minimum absolute atomic E-state index is 0.0167. The number of fused-ring (bicyclic) bond motifs is 1. The number of benzene rings is 1. The summed E-state index contributed by atoms with van der Waals surface area (Å²) >= 11 is 0. The van der Waals surface area contributed by atoms with Gasteiger partial charge in [0.25, 0.3) is 0 Å². The Morgan fingerprint density at radius 2 is 1.93 bits per heavy atom. The van der Waals surface area contributed by atoms with Crippen molar-refractivity contribution in [2.45, 2.75) is 45.7 Å². The van der Waals surface area contributed by atoms with Crippen molar-refractivity contribution in [3.63, 3.8) is 0 Å². The molecule has 0 aliphatic carbocycles. The first kappa shape index (κ1) is 20.3. The third-order valence-electron chi connectivity index (χ3n) is 5.72. The zero-order valence-electron chi connectivity index (χ0n) is 17.8. The topological polar surface area (TPSA) is 58.8 Å². The van der Waals surface area contributed by atoms with Crippen LogP contribution in [0.2, 0.25) is 0 Å². The summed E-state index contributed by atoms with van der Waals surface area (Å²) in [6.07, 6.45) is 6.48. The second-order valence-corrected chi connectivity index (χ2v) is 7.89. The summed E-state index contributed by atoms with van der Waals surface area (Å²) in [4.78, 5) is 21.6. The van der Waals surface area contributed by atoms with Crippen LogP contribution >= 0.6 is 0 Å². The molecule has 0 N–H and O–H groups in total. The van der Waals surface area contributed by atoms with Gasteiger partial charge in [0.2, 0.25) is 5.91 Å². The van der Waals surface area contributed by atoms with E-state index in [4.69, 9.17) is 14.1 Å². The molecule has 1 amide bonds. The number of nitrogens with zero attached hydrogens (tertiary/aromatic N) is 3. The van der Waals surface area contributed by atoms with Gasteiger partial charge < -0.3 is 19.0 Å². The van der Waals surface area contributed by atoms with Gasteiger partial charge in [-0.15, -0.1) is 0 Å². The van der Waals surface area contributed by atoms with Crippen LogP contribution in [0.25, 0.3) is 10.9 Å². The highest BCUT2D eigenvalue weighted by Gasteiger charge is 2.20. The zero-order chi connectivity index (χ0) is 20.9. The Bertz CT molecular complexity index is 992. The SMILES string of the molecule is COc1ccc2cc(CN(Cc3ccco3)C(C)=O)c(N3CCCCCC3)nc2c1. The standard InChI is InChI=1S/C24H29N3O3/c1-18(28)27(17-22-8-7-13-30-22)16-20-14-19-9-10-21(29-2)15-23(19)25-24(20)26-11-5-3-4-6-12-26/h7-10,13-15H,3-6,11-12,16-17H2,1-2H3. The summed E-state index contributed by atoms with van der Waals surface area (Å²) in [6, 6.07) is 11.9. The lowest BCUT2D eigenvalue weighted by molar-refractivity contribution is -0.130. The second kappa shape index (κ2) is 9.20. The van der Waals surface area contributed by atoms with Gasteiger partial charge in [0, 0.05) is 43.6 Å². The van der Waals surface area contributed by atoms with Gasteiger partial charge in [-0.1, -0.05) is 12.8 Å². The fourth-order valence-corrected chi connectivity index (χ4v) is 4.05. The highest BCUT2D eigenvalue weighted by Crippen LogP contribution is 2.29. The first-order valence-corrected chi connectivity index (χ1v) is 10.6. The molecule has 158 valence electrons. The molecule has 1 aromatic carbocycles. The summed E-state index contributed by atoms with van der Waals surface area (Å²) in [7, 11) is 1.67. The number of aromatic nitrogens is 1. The maximum Gasteiger partial charge on any atom is 0.220 e. The predicted molar refractivity (Wildman–Crippen MR) is 118 cm³/mol. The molecule has 0 radical (unpaired) electrons. The minimum Gasteiger partial charge on any atom is -0.497 e. The van der Waals surface area contributed by atoms with E-state index in [1.807, 2.05) is 35.2 Å². The molecule has 1 fully saturated rings. The van der Waals surface area contributed by atoms with E-state index in [0.717, 1.165) is 46.9 Å². The predicted octanol–water partition coefficient (Wildman–Crippen LogP) is 4.77. The number of furan rings is 1. The number of rotatable bonds is 6. The number of methoxy groups -OCH3 is 1. The van der Waals surface area contributed by atoms with Gasteiger partial charge in [0.1, 0.15) is 17.3 Å². The van der Waals surface area contributed by atoms with Gasteiger partial charge in [-0.2, -0.15) is 0 Å². The fourth-order valence-electron chi connectivity index (χ4n) is 4.05. The molecule has 3 aromatic rings. The van der Waals surface area contributed by atoms with Crippen molar-refractivity contribution in [1.29, 1.82) is 0 Å². The molecule has 6 nitrogen and oxygen atoms in total. The minimum atomic E-state index is 0.0167. The van der Waals surface area contributed by atoms with E-state index < -0.39 is 0 Å². The number of amides is 1. The molecule has 0 unspecified atom stereocenters. The largest absolute Gasteiger partial charge is 0.497 e. The number of carbonyl (C=O) groups is 1. The van der Waals surface area contributed by atoms with Crippen LogP contribution in [-0.2, 0) is 17.9 Å². The van der Waals surface area contributed by atoms with Gasteiger partial charge in [-0.05, 0) is 43.2 Å². The van der Waals surface area contributed by atoms with E-state index >= 15 is 0 Å². The molecule has 3 heterocycles. The maximum atomic E-state index is 12.4. The van der Waals surface area contributed by atoms with Crippen molar-refractivity contribution in [1.82, 2.24) is 9.88 Å². The van der Waals surface area contributed by atoms with Crippen LogP contribution < -0.4 is 9.64 Å². The van der Waals surface area contributed by atoms with Crippen LogP contribution in [0.3, 0.4) is 0 Å². The lowest BCUT2D eigenvalue weighted by Crippen LogP contribution is -2.31. The number of hydrogen-bond acceptors (Lipinski definition) is 5. The number of pyridine rings is 1. The summed E-state index contributed by atoms with van der Waals surface area (Å²) in [5.74, 6) is 2.57. The summed E-state index contributed by atoms with van der Waals surface area (Å²) < 4.78 is 10.9. The van der Waals surface area contributed by atoms with Crippen molar-refractivity contribution in [2.24, 2.45) is 0 Å². The fraction of sp³-hybridized carbons (Fsp3) is 0.417. The summed E-state index contributed by atoms with van der Waals surface area (Å²) in [5, 5.41) is 1.05. The Morgan fingerprint density at radius 1 is 1.13 bits per heavy atom. The quantitative estimate of drug-likeness (QED) is 0.589. The third-order valence-corrected chi connectivity index (χ3v) is 5.72. The van der Waals surface area contributed by atoms with Gasteiger partial charge in [-0.25, -0.2) is 4.98 Å². The van der Waals surface area contributed by atoms with E-state index in [9.17, 15) is 4.79 Å². The molecule has 1 aliphatic heterocycles. The molecular formula is C24H29N3O3. The highest BCUT2D eigenvalue weighted by atomic mass is 16.5. The molecule has 0 bridgehead atoms. The summed E-state index contributed by atoms with van der Waals surface area (Å²) in [5.41, 5.74) is 1.98. The maximum absolute atomic E-state index is 12.4. The first-order chi connectivity index (χ1) is 14.6. The van der Waals surface area contributed by atoms with E-state index in [-0.39, 0.29) is 5.91 Å². The van der Waals surface area contributed by atoms with E-state index in [1.54, 1.807) is 20.3 Å². The molecule has 1 aliphatic rings. The van der Waals surface area contributed by atoms with Crippen molar-refractivity contribution >= 4 is 22.6 Å². The molecule has 0 spiro atoms. The van der Waals surface area contributed by atoms with Gasteiger partial charge in [0.15, 0.2) is 0 Å². The smallest absolute Gasteiger partial charge is 0.220 e. The molecule has 2 aromatic heterocycles. The number of ether oxygens (including phenoxy) is 1. The molecule has 30 heavy (non-hydrogen) atoms. The van der Waals surface area contributed by atoms with Crippen LogP contribution in [0.15, 0.2) is 47.1 Å². The van der Waals surface area contributed by atoms with E-state index in [2.05, 4.69) is 11.0 Å². The molecule has 0 saturated carbocycles. The first-order valence-electron chi connectivity index (χ1n) is 10.6. The Labute approximate surface area is 177 Å². The number of anilines is 1. The van der Waals surface area contributed by atoms with Gasteiger partial charge in [0.05, 0.1) is 25.4 Å². The van der Waals surface area contributed by atoms with E-state index in [0.29, 0.717) is 13.1 Å². The van der Waals surface area contributed by atoms with Crippen molar-refractivity contribution in [2.75, 3.05) is 25.1 Å². The number of hydrogen-bond donors (Lipinski definition) is 0. The highest BCUT2D eigenvalue weighted by molar-refractivity contribution is 5.83. The monoisotopic (exact) mass is 407 g/mol. The summed E-state index contributed by atoms with van der Waals surface area (Å²) in [6.45, 7) is 4.54. The average molecular weight is 408 g/mol. The van der Waals surface area contributed by atoms with Crippen LogP contribution in [0.1, 0.15) is 43.9 Å². The van der Waals surface area contributed by atoms with Crippen LogP contribution in [-0.4, -0.2) is 36.0 Å². The van der Waals surface area contributed by atoms with E-state index in [1.165, 1.54) is 25.7 Å². The Balaban J connectivity index is 1.73. The molecule has 6 heteroatoms. The molecular weight excluding hydrogens is 378 g/mol. The molecule has 4 rings (SSSR count). The Morgan fingerprint density at radius 3 is 2.60 bits per heavy atom. The van der Waals surface area contributed by atoms with Crippen molar-refractivity contribution in [3.05, 3.63) is 54.0 Å². The molecule has 1 saturated heterocycles. The van der Waals surface area contributed by atoms with Gasteiger partial charge >= 0.3 is 0 Å². The number of carbonyl (C=O) groups excluding carboxylic acids is 1. The van der Waals surface area contributed by atoms with Crippen LogP contribution in [0.5, 0.6) is 5.75 Å². The Hall–Kier alpha value is -3.02.